The molecule has 1 aromatic heterocycles. The molecule has 4 atom stereocenters. The number of carbonyl (C=O) groups is 1. The number of hydrazine groups is 1. The van der Waals surface area contributed by atoms with Crippen LogP contribution >= 0.6 is 35.0 Å². The van der Waals surface area contributed by atoms with Gasteiger partial charge in [-0.05, 0) is 31.5 Å². The fourth-order valence-electron chi connectivity index (χ4n) is 3.85. The highest BCUT2D eigenvalue weighted by atomic mass is 35.5. The number of aromatic nitrogens is 1. The molecular weight excluding hydrogens is 575 g/mol. The van der Waals surface area contributed by atoms with Crippen molar-refractivity contribution in [3.05, 3.63) is 63.5 Å². The molecule has 3 heterocycles. The van der Waals surface area contributed by atoms with Gasteiger partial charge in [0.15, 0.2) is 0 Å². The predicted molar refractivity (Wildman–Crippen MR) is 145 cm³/mol. The zero-order valence-corrected chi connectivity index (χ0v) is 23.6. The minimum absolute atomic E-state index is 0.00873. The summed E-state index contributed by atoms with van der Waals surface area (Å²) in [6, 6.07) is 3.70. The van der Waals surface area contributed by atoms with Gasteiger partial charge in [-0.15, -0.1) is 0 Å². The van der Waals surface area contributed by atoms with Gasteiger partial charge in [-0.25, -0.2) is 19.6 Å². The molecule has 2 aromatic rings. The Labute approximate surface area is 239 Å². The van der Waals surface area contributed by atoms with Crippen LogP contribution in [0.15, 0.2) is 35.5 Å². The first kappa shape index (κ1) is 29.8. The molecule has 2 unspecified atom stereocenters. The molecule has 0 aliphatic carbocycles. The number of rotatable bonds is 11. The number of amides is 1. The van der Waals surface area contributed by atoms with E-state index in [2.05, 4.69) is 4.98 Å². The smallest absolute Gasteiger partial charge is 0.273 e. The molecule has 0 saturated carbocycles. The highest BCUT2D eigenvalue weighted by Crippen LogP contribution is 2.35. The molecule has 1 aromatic carbocycles. The van der Waals surface area contributed by atoms with E-state index in [1.54, 1.807) is 11.0 Å². The number of thioether (sulfide) groups is 1. The Morgan fingerprint density at radius 3 is 2.56 bits per heavy atom. The SMILES string of the molecule is CO[C@@H](CN(N)/C=C(\N)c1cc(F)c(Cl)c(F)c1)C(OC1CO[C@@H]1C)Sc1cc(Cl)cnc1C(=O)N1CCC1. The summed E-state index contributed by atoms with van der Waals surface area (Å²) in [6.45, 7) is 3.69. The van der Waals surface area contributed by atoms with Gasteiger partial charge in [0, 0.05) is 43.1 Å². The second kappa shape index (κ2) is 13.0. The average molecular weight is 605 g/mol. The average Bonchev–Trinajstić information content (AvgIpc) is 2.85. The van der Waals surface area contributed by atoms with Gasteiger partial charge < -0.3 is 29.9 Å². The van der Waals surface area contributed by atoms with Crippen LogP contribution in [0.25, 0.3) is 5.70 Å². The van der Waals surface area contributed by atoms with E-state index in [1.807, 2.05) is 6.92 Å². The molecule has 39 heavy (non-hydrogen) atoms. The lowest BCUT2D eigenvalue weighted by Gasteiger charge is -2.39. The van der Waals surface area contributed by atoms with Crippen LogP contribution in [0.5, 0.6) is 0 Å². The van der Waals surface area contributed by atoms with Crippen molar-refractivity contribution in [2.24, 2.45) is 11.6 Å². The minimum Gasteiger partial charge on any atom is -0.397 e. The Hall–Kier alpha value is -2.19. The van der Waals surface area contributed by atoms with Gasteiger partial charge in [0.05, 0.1) is 30.0 Å². The Kier molecular flexibility index (Phi) is 9.92. The molecule has 4 rings (SSSR count). The zero-order valence-electron chi connectivity index (χ0n) is 21.3. The second-order valence-electron chi connectivity index (χ2n) is 9.15. The molecule has 212 valence electrons. The van der Waals surface area contributed by atoms with Gasteiger partial charge in [-0.1, -0.05) is 35.0 Å². The largest absolute Gasteiger partial charge is 0.397 e. The van der Waals surface area contributed by atoms with E-state index >= 15 is 0 Å². The van der Waals surface area contributed by atoms with E-state index in [-0.39, 0.29) is 41.6 Å². The van der Waals surface area contributed by atoms with Gasteiger partial charge in [-0.3, -0.25) is 4.79 Å². The van der Waals surface area contributed by atoms with Gasteiger partial charge in [0.2, 0.25) is 0 Å². The van der Waals surface area contributed by atoms with Crippen molar-refractivity contribution in [2.75, 3.05) is 33.4 Å². The lowest BCUT2D eigenvalue weighted by Crippen LogP contribution is -2.50. The van der Waals surface area contributed by atoms with Crippen LogP contribution in [0, 0.1) is 11.6 Å². The zero-order chi connectivity index (χ0) is 28.3. The van der Waals surface area contributed by atoms with Crippen molar-refractivity contribution >= 4 is 46.6 Å². The van der Waals surface area contributed by atoms with Gasteiger partial charge in [0.25, 0.3) is 5.91 Å². The maximum Gasteiger partial charge on any atom is 0.273 e. The third-order valence-electron chi connectivity index (χ3n) is 6.38. The number of nitrogens with zero attached hydrogens (tertiary/aromatic N) is 3. The Balaban J connectivity index is 1.56. The summed E-state index contributed by atoms with van der Waals surface area (Å²) in [6.07, 6.45) is 2.70. The van der Waals surface area contributed by atoms with Crippen molar-refractivity contribution in [3.8, 4) is 0 Å². The highest BCUT2D eigenvalue weighted by molar-refractivity contribution is 8.00. The summed E-state index contributed by atoms with van der Waals surface area (Å²) in [5, 5.41) is 0.974. The summed E-state index contributed by atoms with van der Waals surface area (Å²) in [5.74, 6) is 4.12. The van der Waals surface area contributed by atoms with Crippen molar-refractivity contribution in [3.63, 3.8) is 0 Å². The fourth-order valence-corrected chi connectivity index (χ4v) is 5.43. The molecule has 1 amide bonds. The maximum atomic E-state index is 13.9. The molecule has 9 nitrogen and oxygen atoms in total. The van der Waals surface area contributed by atoms with Gasteiger partial charge in [-0.2, -0.15) is 0 Å². The Morgan fingerprint density at radius 1 is 1.33 bits per heavy atom. The number of likely N-dealkylation sites (tertiary alicyclic amines) is 1. The molecule has 4 N–H and O–H groups in total. The summed E-state index contributed by atoms with van der Waals surface area (Å²) in [7, 11) is 1.50. The van der Waals surface area contributed by atoms with Crippen LogP contribution in [0.2, 0.25) is 10.0 Å². The van der Waals surface area contributed by atoms with Crippen molar-refractivity contribution < 1.29 is 27.8 Å². The van der Waals surface area contributed by atoms with Crippen LogP contribution < -0.4 is 11.6 Å². The Morgan fingerprint density at radius 2 is 2.03 bits per heavy atom. The first-order chi connectivity index (χ1) is 18.6. The summed E-state index contributed by atoms with van der Waals surface area (Å²) >= 11 is 13.0. The molecule has 0 bridgehead atoms. The summed E-state index contributed by atoms with van der Waals surface area (Å²) < 4.78 is 45.4. The number of hydrogen-bond acceptors (Lipinski definition) is 9. The molecule has 2 aliphatic rings. The number of nitrogens with two attached hydrogens (primary N) is 2. The molecule has 14 heteroatoms. The summed E-state index contributed by atoms with van der Waals surface area (Å²) in [4.78, 5) is 19.6. The molecule has 0 spiro atoms. The van der Waals surface area contributed by atoms with E-state index in [0.29, 0.717) is 29.6 Å². The summed E-state index contributed by atoms with van der Waals surface area (Å²) in [5.41, 5.74) is 5.73. The molecule has 2 aliphatic heterocycles. The second-order valence-corrected chi connectivity index (χ2v) is 11.1. The number of benzene rings is 1. The maximum absolute atomic E-state index is 13.9. The van der Waals surface area contributed by atoms with Crippen LogP contribution in [0.4, 0.5) is 8.78 Å². The van der Waals surface area contributed by atoms with E-state index in [0.717, 1.165) is 18.6 Å². The van der Waals surface area contributed by atoms with Crippen molar-refractivity contribution in [1.82, 2.24) is 14.9 Å². The standard InChI is InChI=1S/C25H29Cl2F2N5O4S/c1-13-20(12-37-13)38-25(39-21-8-15(26)9-32-23(21)24(35)33-4-3-5-33)19(36-2)11-34(31)10-18(30)14-6-16(28)22(27)17(29)7-14/h6-10,13,19-20,25H,3-5,11-12,30-31H2,1-2H3/b18-10-/t13-,19+,20?,25?/m1/s1. The van der Waals surface area contributed by atoms with E-state index in [4.69, 9.17) is 49.0 Å². The number of ether oxygens (including phenoxy) is 3. The lowest BCUT2D eigenvalue weighted by atomic mass is 10.1. The normalized spacial score (nSPS) is 20.7. The van der Waals surface area contributed by atoms with Crippen LogP contribution in [-0.4, -0.2) is 77.9 Å². The number of hydrogen-bond donors (Lipinski definition) is 2. The van der Waals surface area contributed by atoms with E-state index < -0.39 is 28.2 Å². The fraction of sp³-hybridized carbons (Fsp3) is 0.440. The number of carbonyl (C=O) groups excluding carboxylic acids is 1. The molecule has 2 fully saturated rings. The van der Waals surface area contributed by atoms with Crippen molar-refractivity contribution in [1.29, 1.82) is 0 Å². The number of methoxy groups -OCH3 is 1. The van der Waals surface area contributed by atoms with Crippen LogP contribution in [0.1, 0.15) is 29.4 Å². The predicted octanol–water partition coefficient (Wildman–Crippen LogP) is 3.88. The minimum atomic E-state index is -0.943. The highest BCUT2D eigenvalue weighted by Gasteiger charge is 2.36. The first-order valence-electron chi connectivity index (χ1n) is 12.1. The topological polar surface area (TPSA) is 116 Å². The third-order valence-corrected chi connectivity index (χ3v) is 8.16. The monoisotopic (exact) mass is 603 g/mol. The van der Waals surface area contributed by atoms with E-state index in [1.165, 1.54) is 36.3 Å². The Bertz CT molecular complexity index is 1220. The molecule has 2 saturated heterocycles. The van der Waals surface area contributed by atoms with Crippen LogP contribution in [0.3, 0.4) is 0 Å². The quantitative estimate of drug-likeness (QED) is 0.130. The van der Waals surface area contributed by atoms with Crippen LogP contribution in [-0.2, 0) is 14.2 Å². The number of pyridine rings is 1. The molecule has 0 radical (unpaired) electrons. The number of halogens is 4. The van der Waals surface area contributed by atoms with Crippen molar-refractivity contribution in [2.45, 2.75) is 42.0 Å². The third kappa shape index (κ3) is 7.12. The van der Waals surface area contributed by atoms with Gasteiger partial charge >= 0.3 is 0 Å². The van der Waals surface area contributed by atoms with Gasteiger partial charge in [0.1, 0.15) is 40.0 Å². The lowest BCUT2D eigenvalue weighted by molar-refractivity contribution is -0.198. The first-order valence-corrected chi connectivity index (χ1v) is 13.8. The van der Waals surface area contributed by atoms with E-state index in [9.17, 15) is 13.6 Å². The molecular formula is C25H29Cl2F2N5O4S.